The van der Waals surface area contributed by atoms with Gasteiger partial charge in [-0.15, -0.1) is 0 Å². The maximum atomic E-state index is 5.11. The van der Waals surface area contributed by atoms with Gasteiger partial charge in [-0.25, -0.2) is 4.57 Å². The van der Waals surface area contributed by atoms with Gasteiger partial charge in [-0.2, -0.15) is 0 Å². The van der Waals surface area contributed by atoms with Crippen LogP contribution in [0.4, 0.5) is 0 Å². The van der Waals surface area contributed by atoms with E-state index in [1.165, 1.54) is 0 Å². The topological polar surface area (TPSA) is 13.1 Å². The van der Waals surface area contributed by atoms with Gasteiger partial charge in [0.05, 0.1) is 7.11 Å². The molecule has 0 aliphatic rings. The van der Waals surface area contributed by atoms with Crippen molar-refractivity contribution in [3.05, 3.63) is 59.9 Å². The molecule has 90 valence electrons. The predicted molar refractivity (Wildman–Crippen MR) is 71.3 cm³/mol. The van der Waals surface area contributed by atoms with E-state index in [-0.39, 0.29) is 0 Å². The predicted octanol–water partition coefficient (Wildman–Crippen LogP) is 2.40. The molecule has 0 bridgehead atoms. The monoisotopic (exact) mass is 238 g/mol. The fraction of sp³-hybridized carbons (Fsp3) is 0.188. The van der Waals surface area contributed by atoms with Crippen molar-refractivity contribution in [2.45, 2.75) is 13.5 Å². The van der Waals surface area contributed by atoms with Crippen molar-refractivity contribution < 1.29 is 9.30 Å². The highest BCUT2D eigenvalue weighted by Gasteiger charge is 1.94. The lowest BCUT2D eigenvalue weighted by Gasteiger charge is -1.97. The van der Waals surface area contributed by atoms with Gasteiger partial charge in [0, 0.05) is 23.3 Å². The smallest absolute Gasteiger partial charge is 0.170 e. The van der Waals surface area contributed by atoms with Crippen LogP contribution in [0.2, 0.25) is 0 Å². The zero-order chi connectivity index (χ0) is 12.8. The van der Waals surface area contributed by atoms with Gasteiger partial charge in [-0.3, -0.25) is 0 Å². The van der Waals surface area contributed by atoms with E-state index in [1.807, 2.05) is 48.8 Å². The second kappa shape index (κ2) is 5.88. The van der Waals surface area contributed by atoms with E-state index in [9.17, 15) is 0 Å². The van der Waals surface area contributed by atoms with Gasteiger partial charge in [-0.1, -0.05) is 11.8 Å². The molecular weight excluding hydrogens is 222 g/mol. The highest BCUT2D eigenvalue weighted by atomic mass is 16.5. The van der Waals surface area contributed by atoms with Crippen LogP contribution < -0.4 is 9.30 Å². The molecule has 1 heterocycles. The molecule has 2 aromatic rings. The molecule has 2 heteroatoms. The van der Waals surface area contributed by atoms with Crippen molar-refractivity contribution in [2.24, 2.45) is 0 Å². The third-order valence-electron chi connectivity index (χ3n) is 2.70. The van der Waals surface area contributed by atoms with E-state index in [2.05, 4.69) is 23.3 Å². The molecule has 0 aliphatic heterocycles. The Morgan fingerprint density at radius 3 is 2.00 bits per heavy atom. The SMILES string of the molecule is CC[n+]1ccc(C#Cc2ccc(OC)cc2)cc1. The number of pyridine rings is 1. The van der Waals surface area contributed by atoms with Crippen LogP contribution in [0.1, 0.15) is 18.1 Å². The lowest BCUT2D eigenvalue weighted by Crippen LogP contribution is -2.30. The quantitative estimate of drug-likeness (QED) is 0.578. The zero-order valence-corrected chi connectivity index (χ0v) is 10.7. The first-order valence-electron chi connectivity index (χ1n) is 5.97. The Balaban J connectivity index is 2.14. The number of aromatic nitrogens is 1. The summed E-state index contributed by atoms with van der Waals surface area (Å²) in [5.41, 5.74) is 2.01. The van der Waals surface area contributed by atoms with Crippen LogP contribution in [0.5, 0.6) is 5.75 Å². The summed E-state index contributed by atoms with van der Waals surface area (Å²) in [6, 6.07) is 11.8. The lowest BCUT2D eigenvalue weighted by molar-refractivity contribution is -0.693. The summed E-state index contributed by atoms with van der Waals surface area (Å²) < 4.78 is 7.22. The van der Waals surface area contributed by atoms with Crippen molar-refractivity contribution in [2.75, 3.05) is 7.11 Å². The largest absolute Gasteiger partial charge is 0.497 e. The minimum Gasteiger partial charge on any atom is -0.497 e. The van der Waals surface area contributed by atoms with Gasteiger partial charge in [0.15, 0.2) is 12.4 Å². The summed E-state index contributed by atoms with van der Waals surface area (Å²) >= 11 is 0. The van der Waals surface area contributed by atoms with Crippen molar-refractivity contribution in [3.8, 4) is 17.6 Å². The molecule has 1 aromatic heterocycles. The summed E-state index contributed by atoms with van der Waals surface area (Å²) in [6.07, 6.45) is 4.08. The number of hydrogen-bond acceptors (Lipinski definition) is 1. The van der Waals surface area contributed by atoms with E-state index >= 15 is 0 Å². The first-order valence-corrected chi connectivity index (χ1v) is 5.97. The molecule has 0 amide bonds. The molecule has 0 saturated carbocycles. The standard InChI is InChI=1S/C16H16NO/c1-3-17-12-10-15(11-13-17)5-4-14-6-8-16(18-2)9-7-14/h6-13H,3H2,1-2H3/q+1. The average molecular weight is 238 g/mol. The molecule has 0 saturated heterocycles. The average Bonchev–Trinajstić information content (AvgIpc) is 2.46. The van der Waals surface area contributed by atoms with Gasteiger partial charge >= 0.3 is 0 Å². The molecule has 18 heavy (non-hydrogen) atoms. The summed E-state index contributed by atoms with van der Waals surface area (Å²) in [4.78, 5) is 0. The van der Waals surface area contributed by atoms with Gasteiger partial charge in [-0.05, 0) is 31.2 Å². The van der Waals surface area contributed by atoms with Crippen molar-refractivity contribution in [1.82, 2.24) is 0 Å². The number of aryl methyl sites for hydroxylation is 1. The minimum absolute atomic E-state index is 0.851. The van der Waals surface area contributed by atoms with E-state index < -0.39 is 0 Å². The van der Waals surface area contributed by atoms with Gasteiger partial charge in [0.25, 0.3) is 0 Å². The highest BCUT2D eigenvalue weighted by molar-refractivity contribution is 5.43. The third kappa shape index (κ3) is 3.11. The minimum atomic E-state index is 0.851. The Hall–Kier alpha value is -2.27. The molecule has 0 aliphatic carbocycles. The number of methoxy groups -OCH3 is 1. The molecule has 2 rings (SSSR count). The molecule has 0 atom stereocenters. The first kappa shape index (κ1) is 12.2. The van der Waals surface area contributed by atoms with Gasteiger partial charge in [0.1, 0.15) is 12.3 Å². The molecule has 2 nitrogen and oxygen atoms in total. The number of ether oxygens (including phenoxy) is 1. The Morgan fingerprint density at radius 2 is 1.50 bits per heavy atom. The molecular formula is C16H16NO+. The van der Waals surface area contributed by atoms with E-state index in [0.717, 1.165) is 23.4 Å². The first-order chi connectivity index (χ1) is 8.81. The molecule has 1 aromatic carbocycles. The van der Waals surface area contributed by atoms with Gasteiger partial charge in [0.2, 0.25) is 0 Å². The van der Waals surface area contributed by atoms with Crippen LogP contribution in [0.15, 0.2) is 48.8 Å². The Morgan fingerprint density at radius 1 is 0.944 bits per heavy atom. The number of hydrogen-bond donors (Lipinski definition) is 0. The van der Waals surface area contributed by atoms with Crippen LogP contribution in [0, 0.1) is 11.8 Å². The molecule has 0 fully saturated rings. The fourth-order valence-electron chi connectivity index (χ4n) is 1.57. The maximum absolute atomic E-state index is 5.11. The second-order valence-corrected chi connectivity index (χ2v) is 3.90. The van der Waals surface area contributed by atoms with Crippen molar-refractivity contribution in [3.63, 3.8) is 0 Å². The molecule has 0 N–H and O–H groups in total. The fourth-order valence-corrected chi connectivity index (χ4v) is 1.57. The highest BCUT2D eigenvalue weighted by Crippen LogP contribution is 2.10. The summed E-state index contributed by atoms with van der Waals surface area (Å²) in [5.74, 6) is 7.13. The summed E-state index contributed by atoms with van der Waals surface area (Å²) in [6.45, 7) is 3.09. The van der Waals surface area contributed by atoms with E-state index in [1.54, 1.807) is 7.11 Å². The summed E-state index contributed by atoms with van der Waals surface area (Å²) in [7, 11) is 1.66. The van der Waals surface area contributed by atoms with Crippen LogP contribution in [0.3, 0.4) is 0 Å². The molecule has 0 spiro atoms. The zero-order valence-electron chi connectivity index (χ0n) is 10.7. The summed E-state index contributed by atoms with van der Waals surface area (Å²) in [5, 5.41) is 0. The third-order valence-corrected chi connectivity index (χ3v) is 2.70. The Bertz CT molecular complexity index is 507. The van der Waals surface area contributed by atoms with Crippen LogP contribution in [0.25, 0.3) is 0 Å². The second-order valence-electron chi connectivity index (χ2n) is 3.90. The number of rotatable bonds is 2. The van der Waals surface area contributed by atoms with E-state index in [0.29, 0.717) is 0 Å². The normalized spacial score (nSPS) is 9.44. The van der Waals surface area contributed by atoms with Crippen LogP contribution in [-0.4, -0.2) is 7.11 Å². The maximum Gasteiger partial charge on any atom is 0.170 e. The van der Waals surface area contributed by atoms with Crippen LogP contribution in [-0.2, 0) is 6.54 Å². The van der Waals surface area contributed by atoms with E-state index in [4.69, 9.17) is 4.74 Å². The molecule has 0 unspecified atom stereocenters. The van der Waals surface area contributed by atoms with Crippen molar-refractivity contribution in [1.29, 1.82) is 0 Å². The van der Waals surface area contributed by atoms with Crippen molar-refractivity contribution >= 4 is 0 Å². The Labute approximate surface area is 108 Å². The number of benzene rings is 1. The number of nitrogens with zero attached hydrogens (tertiary/aromatic N) is 1. The van der Waals surface area contributed by atoms with Gasteiger partial charge < -0.3 is 4.74 Å². The Kier molecular flexibility index (Phi) is 3.98. The lowest BCUT2D eigenvalue weighted by atomic mass is 10.2. The van der Waals surface area contributed by atoms with Crippen LogP contribution >= 0.6 is 0 Å². The molecule has 0 radical (unpaired) electrons.